The van der Waals surface area contributed by atoms with E-state index in [0.29, 0.717) is 13.2 Å². The lowest BCUT2D eigenvalue weighted by Crippen LogP contribution is -3.15. The molecule has 0 unspecified atom stereocenters. The predicted octanol–water partition coefficient (Wildman–Crippen LogP) is 2.43. The van der Waals surface area contributed by atoms with Crippen LogP contribution in [-0.2, 0) is 9.53 Å². The van der Waals surface area contributed by atoms with Crippen molar-refractivity contribution in [3.63, 3.8) is 0 Å². The zero-order chi connectivity index (χ0) is 17.8. The molecule has 0 bridgehead atoms. The quantitative estimate of drug-likeness (QED) is 0.761. The monoisotopic (exact) mass is 347 g/mol. The number of carbonyl (C=O) groups excluding carboxylic acids is 1. The van der Waals surface area contributed by atoms with Gasteiger partial charge in [-0.05, 0) is 11.5 Å². The van der Waals surface area contributed by atoms with E-state index in [9.17, 15) is 4.79 Å². The molecule has 1 atom stereocenters. The minimum Gasteiger partial charge on any atom is -0.370 e. The van der Waals surface area contributed by atoms with Gasteiger partial charge in [0.2, 0.25) is 0 Å². The summed E-state index contributed by atoms with van der Waals surface area (Å²) >= 11 is 0. The predicted molar refractivity (Wildman–Crippen MR) is 103 cm³/mol. The van der Waals surface area contributed by atoms with E-state index in [-0.39, 0.29) is 11.9 Å². The first-order valence-corrected chi connectivity index (χ1v) is 9.09. The van der Waals surface area contributed by atoms with Crippen molar-refractivity contribution in [2.45, 2.75) is 6.04 Å². The van der Waals surface area contributed by atoms with Gasteiger partial charge in [0.1, 0.15) is 13.1 Å². The molecule has 4 rings (SSSR count). The molecule has 0 aromatic heterocycles. The largest absolute Gasteiger partial charge is 0.370 e. The van der Waals surface area contributed by atoms with Crippen LogP contribution in [0.15, 0.2) is 72.8 Å². The maximum absolute atomic E-state index is 13.3. The van der Waals surface area contributed by atoms with Gasteiger partial charge in [0.15, 0.2) is 6.04 Å². The number of nitrogens with one attached hydrogen (secondary N) is 2. The van der Waals surface area contributed by atoms with E-state index in [2.05, 4.69) is 17.4 Å². The lowest BCUT2D eigenvalue weighted by atomic mass is 10.0. The van der Waals surface area contributed by atoms with Crippen molar-refractivity contribution in [3.05, 3.63) is 78.4 Å². The summed E-state index contributed by atoms with van der Waals surface area (Å²) in [4.78, 5) is 14.5. The smallest absolute Gasteiger partial charge is 0.287 e. The summed E-state index contributed by atoms with van der Waals surface area (Å²) in [5.74, 6) is 0.0319. The fourth-order valence-corrected chi connectivity index (χ4v) is 3.68. The van der Waals surface area contributed by atoms with E-state index < -0.39 is 0 Å². The highest BCUT2D eigenvalue weighted by atomic mass is 16.5. The molecule has 132 valence electrons. The summed E-state index contributed by atoms with van der Waals surface area (Å²) < 4.78 is 5.49. The zero-order valence-electron chi connectivity index (χ0n) is 14.7. The van der Waals surface area contributed by atoms with Gasteiger partial charge in [-0.15, -0.1) is 0 Å². The molecule has 1 saturated heterocycles. The molecule has 26 heavy (non-hydrogen) atoms. The molecular formula is C22H23N2O2+. The van der Waals surface area contributed by atoms with E-state index in [1.54, 1.807) is 0 Å². The second-order valence-electron chi connectivity index (χ2n) is 6.63. The van der Waals surface area contributed by atoms with E-state index in [4.69, 9.17) is 4.74 Å². The van der Waals surface area contributed by atoms with Crippen LogP contribution in [0.25, 0.3) is 10.8 Å². The number of carbonyl (C=O) groups is 1. The second-order valence-corrected chi connectivity index (χ2v) is 6.63. The van der Waals surface area contributed by atoms with Gasteiger partial charge in [0, 0.05) is 16.6 Å². The number of quaternary nitrogens is 1. The summed E-state index contributed by atoms with van der Waals surface area (Å²) in [5, 5.41) is 5.37. The molecular weight excluding hydrogens is 324 g/mol. The van der Waals surface area contributed by atoms with Crippen LogP contribution >= 0.6 is 0 Å². The van der Waals surface area contributed by atoms with Crippen LogP contribution < -0.4 is 10.2 Å². The number of rotatable bonds is 4. The number of ether oxygens (including phenoxy) is 1. The topological polar surface area (TPSA) is 42.8 Å². The molecule has 0 spiro atoms. The molecule has 0 saturated carbocycles. The Labute approximate surface area is 153 Å². The lowest BCUT2D eigenvalue weighted by molar-refractivity contribution is -0.929. The second kappa shape index (κ2) is 7.68. The van der Waals surface area contributed by atoms with E-state index in [1.165, 1.54) is 4.90 Å². The van der Waals surface area contributed by atoms with Gasteiger partial charge in [-0.25, -0.2) is 0 Å². The summed E-state index contributed by atoms with van der Waals surface area (Å²) in [5.41, 5.74) is 1.91. The standard InChI is InChI=1S/C22H22N2O2/c25-22(23-20-12-6-10-17-7-4-5-11-19(17)20)21(18-8-2-1-3-9-18)24-13-15-26-16-14-24/h1-12,21H,13-16H2,(H,23,25)/p+1/t21-/m0/s1. The van der Waals surface area contributed by atoms with Crippen molar-refractivity contribution in [3.8, 4) is 0 Å². The van der Waals surface area contributed by atoms with E-state index in [1.807, 2.05) is 60.7 Å². The zero-order valence-corrected chi connectivity index (χ0v) is 14.7. The van der Waals surface area contributed by atoms with Crippen LogP contribution in [0.3, 0.4) is 0 Å². The van der Waals surface area contributed by atoms with E-state index in [0.717, 1.165) is 35.1 Å². The van der Waals surface area contributed by atoms with Crippen molar-refractivity contribution in [2.24, 2.45) is 0 Å². The summed E-state index contributed by atoms with van der Waals surface area (Å²) in [6.07, 6.45) is 0. The van der Waals surface area contributed by atoms with Gasteiger partial charge in [-0.3, -0.25) is 4.79 Å². The Morgan fingerprint density at radius 1 is 0.885 bits per heavy atom. The van der Waals surface area contributed by atoms with Crippen LogP contribution in [0.1, 0.15) is 11.6 Å². The van der Waals surface area contributed by atoms with Gasteiger partial charge in [0.05, 0.1) is 13.2 Å². The van der Waals surface area contributed by atoms with Crippen LogP contribution in [0.4, 0.5) is 5.69 Å². The molecule has 1 amide bonds. The lowest BCUT2D eigenvalue weighted by Gasteiger charge is -2.31. The Bertz CT molecular complexity index is 884. The molecule has 0 aliphatic carbocycles. The Morgan fingerprint density at radius 3 is 2.38 bits per heavy atom. The maximum Gasteiger partial charge on any atom is 0.287 e. The first-order chi connectivity index (χ1) is 12.8. The number of amides is 1. The molecule has 4 heteroatoms. The maximum atomic E-state index is 13.3. The highest BCUT2D eigenvalue weighted by Crippen LogP contribution is 2.24. The molecule has 1 fully saturated rings. The Hall–Kier alpha value is -2.69. The number of benzene rings is 3. The fraction of sp³-hybridized carbons (Fsp3) is 0.227. The molecule has 1 heterocycles. The number of hydrogen-bond donors (Lipinski definition) is 2. The van der Waals surface area contributed by atoms with Crippen LogP contribution in [0.2, 0.25) is 0 Å². The summed E-state index contributed by atoms with van der Waals surface area (Å²) in [6, 6.07) is 23.9. The average molecular weight is 347 g/mol. The number of anilines is 1. The third kappa shape index (κ3) is 3.47. The molecule has 1 aliphatic rings. The van der Waals surface area contributed by atoms with Crippen molar-refractivity contribution in [1.82, 2.24) is 0 Å². The number of hydrogen-bond acceptors (Lipinski definition) is 2. The third-order valence-electron chi connectivity index (χ3n) is 4.99. The summed E-state index contributed by atoms with van der Waals surface area (Å²) in [6.45, 7) is 3.06. The van der Waals surface area contributed by atoms with Crippen LogP contribution in [-0.4, -0.2) is 32.2 Å². The minimum atomic E-state index is -0.237. The SMILES string of the molecule is O=C(Nc1cccc2ccccc12)[C@H](c1ccccc1)[NH+]1CCOCC1. The average Bonchev–Trinajstić information content (AvgIpc) is 2.70. The Morgan fingerprint density at radius 2 is 1.58 bits per heavy atom. The highest BCUT2D eigenvalue weighted by Gasteiger charge is 2.33. The van der Waals surface area contributed by atoms with Gasteiger partial charge in [-0.2, -0.15) is 0 Å². The van der Waals surface area contributed by atoms with Gasteiger partial charge in [0.25, 0.3) is 5.91 Å². The number of morpholine rings is 1. The molecule has 3 aromatic rings. The van der Waals surface area contributed by atoms with Crippen molar-refractivity contribution in [1.29, 1.82) is 0 Å². The molecule has 4 nitrogen and oxygen atoms in total. The molecule has 3 aromatic carbocycles. The van der Waals surface area contributed by atoms with Gasteiger partial charge in [-0.1, -0.05) is 66.7 Å². The van der Waals surface area contributed by atoms with Crippen LogP contribution in [0, 0.1) is 0 Å². The van der Waals surface area contributed by atoms with Crippen molar-refractivity contribution < 1.29 is 14.4 Å². The normalized spacial score (nSPS) is 16.3. The van der Waals surface area contributed by atoms with Crippen molar-refractivity contribution >= 4 is 22.4 Å². The summed E-state index contributed by atoms with van der Waals surface area (Å²) in [7, 11) is 0. The molecule has 2 N–H and O–H groups in total. The Balaban J connectivity index is 1.65. The van der Waals surface area contributed by atoms with Crippen LogP contribution in [0.5, 0.6) is 0 Å². The first-order valence-electron chi connectivity index (χ1n) is 9.09. The molecule has 1 aliphatic heterocycles. The van der Waals surface area contributed by atoms with Gasteiger partial charge < -0.3 is 15.0 Å². The van der Waals surface area contributed by atoms with Gasteiger partial charge >= 0.3 is 0 Å². The van der Waals surface area contributed by atoms with E-state index >= 15 is 0 Å². The fourth-order valence-electron chi connectivity index (χ4n) is 3.68. The minimum absolute atomic E-state index is 0.0319. The Kier molecular flexibility index (Phi) is 4.95. The first kappa shape index (κ1) is 16.8. The molecule has 0 radical (unpaired) electrons. The van der Waals surface area contributed by atoms with Crippen molar-refractivity contribution in [2.75, 3.05) is 31.6 Å². The third-order valence-corrected chi connectivity index (χ3v) is 4.99. The number of fused-ring (bicyclic) bond motifs is 1. The highest BCUT2D eigenvalue weighted by molar-refractivity contribution is 6.03.